The molecule has 9 heteroatoms. The van der Waals surface area contributed by atoms with Crippen LogP contribution in [0.2, 0.25) is 0 Å². The lowest BCUT2D eigenvalue weighted by atomic mass is 9.81. The number of benzene rings is 1. The molecule has 35 heavy (non-hydrogen) atoms. The van der Waals surface area contributed by atoms with Crippen molar-refractivity contribution in [2.75, 3.05) is 46.2 Å². The molecule has 1 N–H and O–H groups in total. The monoisotopic (exact) mass is 495 g/mol. The second-order valence-electron chi connectivity index (χ2n) is 8.69. The smallest absolute Gasteiger partial charge is 0.332 e. The van der Waals surface area contributed by atoms with Crippen molar-refractivity contribution in [2.45, 2.75) is 59.2 Å². The molecule has 5 atom stereocenters. The Kier molecular flexibility index (Phi) is 13.8. The Bertz CT molecular complexity index is 731. The van der Waals surface area contributed by atoms with Crippen molar-refractivity contribution in [3.63, 3.8) is 0 Å². The van der Waals surface area contributed by atoms with Crippen LogP contribution in [-0.4, -0.2) is 76.6 Å². The molecule has 1 aliphatic rings. The highest BCUT2D eigenvalue weighted by Crippen LogP contribution is 2.32. The van der Waals surface area contributed by atoms with Gasteiger partial charge in [-0.3, -0.25) is 4.79 Å². The maximum absolute atomic E-state index is 11.7. The van der Waals surface area contributed by atoms with E-state index in [4.69, 9.17) is 28.4 Å². The first-order valence-electron chi connectivity index (χ1n) is 12.4. The summed E-state index contributed by atoms with van der Waals surface area (Å²) in [6, 6.07) is 9.29. The van der Waals surface area contributed by atoms with E-state index in [1.54, 1.807) is 0 Å². The molecule has 0 unspecified atom stereocenters. The van der Waals surface area contributed by atoms with Gasteiger partial charge in [0.05, 0.1) is 51.8 Å². The van der Waals surface area contributed by atoms with Gasteiger partial charge in [0.2, 0.25) is 5.91 Å². The second kappa shape index (κ2) is 16.6. The summed E-state index contributed by atoms with van der Waals surface area (Å²) >= 11 is 0. The fourth-order valence-corrected chi connectivity index (χ4v) is 3.94. The summed E-state index contributed by atoms with van der Waals surface area (Å²) in [7, 11) is 0. The summed E-state index contributed by atoms with van der Waals surface area (Å²) in [5.41, 5.74) is 0.933. The van der Waals surface area contributed by atoms with Crippen LogP contribution >= 0.6 is 0 Å². The molecule has 1 fully saturated rings. The average Bonchev–Trinajstić information content (AvgIpc) is 2.85. The van der Waals surface area contributed by atoms with Gasteiger partial charge in [0, 0.05) is 6.92 Å². The van der Waals surface area contributed by atoms with Gasteiger partial charge in [0.15, 0.2) is 6.29 Å². The minimum Gasteiger partial charge on any atom is -0.459 e. The van der Waals surface area contributed by atoms with Crippen LogP contribution in [-0.2, 0) is 44.6 Å². The van der Waals surface area contributed by atoms with Crippen LogP contribution in [0.3, 0.4) is 0 Å². The van der Waals surface area contributed by atoms with Crippen LogP contribution < -0.4 is 5.32 Å². The van der Waals surface area contributed by atoms with E-state index >= 15 is 0 Å². The quantitative estimate of drug-likeness (QED) is 0.276. The van der Waals surface area contributed by atoms with Crippen LogP contribution in [0.1, 0.15) is 39.7 Å². The molecule has 0 aromatic heterocycles. The Morgan fingerprint density at radius 3 is 2.17 bits per heavy atom. The molecule has 1 aliphatic heterocycles. The van der Waals surface area contributed by atoms with Crippen molar-refractivity contribution in [3.05, 3.63) is 35.9 Å². The van der Waals surface area contributed by atoms with E-state index in [1.807, 2.05) is 30.3 Å². The maximum atomic E-state index is 11.7. The van der Waals surface area contributed by atoms with Gasteiger partial charge in [0.25, 0.3) is 0 Å². The molecule has 0 spiro atoms. The molecule has 1 heterocycles. The van der Waals surface area contributed by atoms with Gasteiger partial charge in [-0.2, -0.15) is 0 Å². The first kappa shape index (κ1) is 29.2. The summed E-state index contributed by atoms with van der Waals surface area (Å²) in [6.45, 7) is 10.2. The normalized spacial score (nSPS) is 24.2. The lowest BCUT2D eigenvalue weighted by Gasteiger charge is -2.44. The van der Waals surface area contributed by atoms with Gasteiger partial charge in [-0.15, -0.1) is 0 Å². The average molecular weight is 496 g/mol. The summed E-state index contributed by atoms with van der Waals surface area (Å²) in [5.74, 6) is 0.0653. The third-order valence-electron chi connectivity index (χ3n) is 6.07. The zero-order valence-electron chi connectivity index (χ0n) is 21.4. The maximum Gasteiger partial charge on any atom is 0.332 e. The van der Waals surface area contributed by atoms with E-state index < -0.39 is 12.3 Å². The van der Waals surface area contributed by atoms with Gasteiger partial charge >= 0.3 is 5.97 Å². The number of nitrogens with one attached hydrogen (secondary N) is 1. The predicted octanol–water partition coefficient (Wildman–Crippen LogP) is 2.71. The fraction of sp³-hybridized carbons (Fsp3) is 0.692. The van der Waals surface area contributed by atoms with Crippen LogP contribution in [0.4, 0.5) is 0 Å². The SMILES string of the molecule is CC[C@H]1O[C@@H](OCCOCCOCCOCC(=O)OCc2ccccc2)[C@H](NC(C)=O)[C@@H](C)[C@H]1C. The van der Waals surface area contributed by atoms with Crippen molar-refractivity contribution in [1.82, 2.24) is 5.32 Å². The number of amides is 1. The minimum atomic E-state index is -0.494. The highest BCUT2D eigenvalue weighted by molar-refractivity contribution is 5.73. The van der Waals surface area contributed by atoms with Crippen LogP contribution in [0, 0.1) is 11.8 Å². The van der Waals surface area contributed by atoms with Crippen LogP contribution in [0.15, 0.2) is 30.3 Å². The number of carbonyl (C=O) groups excluding carboxylic acids is 2. The summed E-state index contributed by atoms with van der Waals surface area (Å²) in [4.78, 5) is 23.3. The largest absolute Gasteiger partial charge is 0.459 e. The molecule has 198 valence electrons. The summed E-state index contributed by atoms with van der Waals surface area (Å²) in [5, 5.41) is 2.97. The molecule has 0 bridgehead atoms. The Morgan fingerprint density at radius 2 is 1.54 bits per heavy atom. The molecular weight excluding hydrogens is 454 g/mol. The highest BCUT2D eigenvalue weighted by Gasteiger charge is 2.41. The molecule has 1 saturated heterocycles. The van der Waals surface area contributed by atoms with Gasteiger partial charge in [0.1, 0.15) is 13.2 Å². The number of hydrogen-bond donors (Lipinski definition) is 1. The zero-order valence-corrected chi connectivity index (χ0v) is 21.4. The summed E-state index contributed by atoms with van der Waals surface area (Å²) in [6.07, 6.45) is 0.499. The van der Waals surface area contributed by atoms with Gasteiger partial charge in [-0.1, -0.05) is 51.1 Å². The molecule has 0 saturated carbocycles. The van der Waals surface area contributed by atoms with Crippen molar-refractivity contribution >= 4 is 11.9 Å². The highest BCUT2D eigenvalue weighted by atomic mass is 16.7. The first-order chi connectivity index (χ1) is 16.9. The predicted molar refractivity (Wildman–Crippen MR) is 130 cm³/mol. The Labute approximate surface area is 208 Å². The number of rotatable bonds is 16. The summed E-state index contributed by atoms with van der Waals surface area (Å²) < 4.78 is 33.4. The molecule has 1 aromatic rings. The van der Waals surface area contributed by atoms with E-state index in [-0.39, 0.29) is 37.2 Å². The van der Waals surface area contributed by atoms with Crippen molar-refractivity contribution < 1.29 is 38.0 Å². The standard InChI is InChI=1S/C26H41NO8/c1-5-23-19(2)20(3)25(27-21(4)28)26(35-23)33-16-15-31-12-11-30-13-14-32-18-24(29)34-17-22-9-7-6-8-10-22/h6-10,19-20,23,25-26H,5,11-18H2,1-4H3,(H,27,28)/t19-,20+,23-,25-,26-/m1/s1. The van der Waals surface area contributed by atoms with Crippen molar-refractivity contribution in [1.29, 1.82) is 0 Å². The lowest BCUT2D eigenvalue weighted by molar-refractivity contribution is -0.239. The van der Waals surface area contributed by atoms with Crippen molar-refractivity contribution in [2.24, 2.45) is 11.8 Å². The molecule has 2 rings (SSSR count). The van der Waals surface area contributed by atoms with E-state index in [0.717, 1.165) is 12.0 Å². The van der Waals surface area contributed by atoms with Gasteiger partial charge < -0.3 is 33.7 Å². The minimum absolute atomic E-state index is 0.0948. The second-order valence-corrected chi connectivity index (χ2v) is 8.69. The van der Waals surface area contributed by atoms with E-state index in [2.05, 4.69) is 26.1 Å². The Hall–Kier alpha value is -2.04. The molecule has 1 amide bonds. The topological polar surface area (TPSA) is 102 Å². The fourth-order valence-electron chi connectivity index (χ4n) is 3.94. The van der Waals surface area contributed by atoms with E-state index in [0.29, 0.717) is 45.6 Å². The van der Waals surface area contributed by atoms with E-state index in [1.165, 1.54) is 6.92 Å². The lowest BCUT2D eigenvalue weighted by Crippen LogP contribution is -2.57. The Balaban J connectivity index is 1.48. The molecule has 9 nitrogen and oxygen atoms in total. The van der Waals surface area contributed by atoms with Crippen LogP contribution in [0.25, 0.3) is 0 Å². The zero-order chi connectivity index (χ0) is 25.5. The molecule has 0 aliphatic carbocycles. The number of ether oxygens (including phenoxy) is 6. The third kappa shape index (κ3) is 11.0. The number of carbonyl (C=O) groups is 2. The van der Waals surface area contributed by atoms with Gasteiger partial charge in [-0.25, -0.2) is 4.79 Å². The molecule has 1 aromatic carbocycles. The Morgan fingerprint density at radius 1 is 0.914 bits per heavy atom. The molecule has 0 radical (unpaired) electrons. The third-order valence-corrected chi connectivity index (χ3v) is 6.07. The van der Waals surface area contributed by atoms with E-state index in [9.17, 15) is 9.59 Å². The van der Waals surface area contributed by atoms with Crippen LogP contribution in [0.5, 0.6) is 0 Å². The number of esters is 1. The van der Waals surface area contributed by atoms with Gasteiger partial charge in [-0.05, 0) is 23.8 Å². The number of hydrogen-bond acceptors (Lipinski definition) is 8. The molecular formula is C26H41NO8. The first-order valence-corrected chi connectivity index (χ1v) is 12.4. The van der Waals surface area contributed by atoms with Crippen molar-refractivity contribution in [3.8, 4) is 0 Å².